The molecule has 1 aromatic heterocycles. The molecule has 0 fully saturated rings. The molecule has 1 aliphatic rings. The van der Waals surface area contributed by atoms with Crippen LogP contribution in [0.15, 0.2) is 29.1 Å². The molecule has 1 aliphatic carbocycles. The number of benzene rings is 1. The summed E-state index contributed by atoms with van der Waals surface area (Å²) in [4.78, 5) is 20.0. The van der Waals surface area contributed by atoms with Gasteiger partial charge in [-0.15, -0.1) is 0 Å². The molecule has 3 rings (SSSR count). The molecule has 1 atom stereocenters. The van der Waals surface area contributed by atoms with Crippen LogP contribution in [0.4, 0.5) is 0 Å². The quantitative estimate of drug-likeness (QED) is 0.916. The highest BCUT2D eigenvalue weighted by Crippen LogP contribution is 2.30. The van der Waals surface area contributed by atoms with Gasteiger partial charge in [-0.3, -0.25) is 4.79 Å². The molecule has 3 heteroatoms. The van der Waals surface area contributed by atoms with Crippen LogP contribution >= 0.6 is 0 Å². The summed E-state index contributed by atoms with van der Waals surface area (Å²) in [6.07, 6.45) is 3.09. The highest BCUT2D eigenvalue weighted by Gasteiger charge is 2.23. The van der Waals surface area contributed by atoms with Crippen molar-refractivity contribution in [2.75, 3.05) is 0 Å². The number of nitrogens with one attached hydrogen (secondary N) is 1. The Morgan fingerprint density at radius 1 is 1.24 bits per heavy atom. The summed E-state index contributed by atoms with van der Waals surface area (Å²) >= 11 is 0. The Morgan fingerprint density at radius 2 is 1.95 bits per heavy atom. The van der Waals surface area contributed by atoms with Crippen LogP contribution in [0.5, 0.6) is 0 Å². The summed E-state index contributed by atoms with van der Waals surface area (Å²) in [5.41, 5.74) is 4.55. The molecule has 0 radical (unpaired) electrons. The zero-order chi connectivity index (χ0) is 15.0. The zero-order valence-electron chi connectivity index (χ0n) is 12.9. The first-order valence-corrected chi connectivity index (χ1v) is 7.73. The topological polar surface area (TPSA) is 45.8 Å². The van der Waals surface area contributed by atoms with Crippen molar-refractivity contribution in [2.24, 2.45) is 0 Å². The summed E-state index contributed by atoms with van der Waals surface area (Å²) in [7, 11) is 0. The number of H-pyrrole nitrogens is 1. The Balaban J connectivity index is 1.94. The Labute approximate surface area is 125 Å². The first-order valence-electron chi connectivity index (χ1n) is 7.73. The standard InChI is InChI=1S/C18H22N2O/c1-11(2)16-12(3)19-17(20-18(16)21)15-9-8-13-6-4-5-7-14(13)10-15/h4-7,11,15H,8-10H2,1-3H3,(H,19,20,21). The summed E-state index contributed by atoms with van der Waals surface area (Å²) in [6.45, 7) is 6.02. The number of rotatable bonds is 2. The molecule has 3 nitrogen and oxygen atoms in total. The van der Waals surface area contributed by atoms with E-state index in [1.807, 2.05) is 20.8 Å². The van der Waals surface area contributed by atoms with Gasteiger partial charge < -0.3 is 4.98 Å². The first-order chi connectivity index (χ1) is 10.1. The van der Waals surface area contributed by atoms with Gasteiger partial charge in [0.05, 0.1) is 0 Å². The summed E-state index contributed by atoms with van der Waals surface area (Å²) in [5.74, 6) is 1.39. The molecular formula is C18H22N2O. The average molecular weight is 282 g/mol. The van der Waals surface area contributed by atoms with Gasteiger partial charge in [-0.2, -0.15) is 0 Å². The minimum atomic E-state index is 0.0337. The van der Waals surface area contributed by atoms with Crippen LogP contribution in [-0.2, 0) is 12.8 Å². The van der Waals surface area contributed by atoms with E-state index in [9.17, 15) is 4.79 Å². The molecule has 0 bridgehead atoms. The molecular weight excluding hydrogens is 260 g/mol. The van der Waals surface area contributed by atoms with Gasteiger partial charge in [0.2, 0.25) is 0 Å². The number of hydrogen-bond acceptors (Lipinski definition) is 2. The van der Waals surface area contributed by atoms with Crippen molar-refractivity contribution in [2.45, 2.75) is 51.9 Å². The lowest BCUT2D eigenvalue weighted by atomic mass is 9.83. The molecule has 2 aromatic rings. The fourth-order valence-electron chi connectivity index (χ4n) is 3.42. The van der Waals surface area contributed by atoms with Gasteiger partial charge in [0.1, 0.15) is 5.82 Å². The number of aromatic nitrogens is 2. The van der Waals surface area contributed by atoms with Crippen LogP contribution in [0.1, 0.15) is 60.3 Å². The van der Waals surface area contributed by atoms with E-state index in [1.165, 1.54) is 11.1 Å². The van der Waals surface area contributed by atoms with E-state index in [0.717, 1.165) is 36.3 Å². The molecule has 1 aromatic carbocycles. The molecule has 1 N–H and O–H groups in total. The molecule has 0 saturated carbocycles. The third kappa shape index (κ3) is 2.65. The summed E-state index contributed by atoms with van der Waals surface area (Å²) in [5, 5.41) is 0. The van der Waals surface area contributed by atoms with Gasteiger partial charge in [0, 0.05) is 17.2 Å². The SMILES string of the molecule is Cc1nc(C2CCc3ccccc3C2)[nH]c(=O)c1C(C)C. The fraction of sp³-hybridized carbons (Fsp3) is 0.444. The van der Waals surface area contributed by atoms with E-state index < -0.39 is 0 Å². The molecule has 110 valence electrons. The van der Waals surface area contributed by atoms with Crippen LogP contribution in [-0.4, -0.2) is 9.97 Å². The minimum Gasteiger partial charge on any atom is -0.310 e. The molecule has 0 saturated heterocycles. The van der Waals surface area contributed by atoms with E-state index >= 15 is 0 Å². The molecule has 0 amide bonds. The molecule has 0 aliphatic heterocycles. The highest BCUT2D eigenvalue weighted by atomic mass is 16.1. The van der Waals surface area contributed by atoms with Gasteiger partial charge in [0.25, 0.3) is 5.56 Å². The zero-order valence-corrected chi connectivity index (χ0v) is 12.9. The van der Waals surface area contributed by atoms with E-state index in [-0.39, 0.29) is 11.5 Å². The van der Waals surface area contributed by atoms with E-state index in [2.05, 4.69) is 29.2 Å². The van der Waals surface area contributed by atoms with E-state index in [1.54, 1.807) is 0 Å². The van der Waals surface area contributed by atoms with E-state index in [4.69, 9.17) is 4.98 Å². The van der Waals surface area contributed by atoms with Crippen LogP contribution in [0, 0.1) is 6.92 Å². The average Bonchev–Trinajstić information content (AvgIpc) is 2.45. The summed E-state index contributed by atoms with van der Waals surface area (Å²) < 4.78 is 0. The van der Waals surface area contributed by atoms with Crippen LogP contribution in [0.3, 0.4) is 0 Å². The molecule has 21 heavy (non-hydrogen) atoms. The van der Waals surface area contributed by atoms with Gasteiger partial charge >= 0.3 is 0 Å². The predicted octanol–water partition coefficient (Wildman–Crippen LogP) is 3.47. The second-order valence-electron chi connectivity index (χ2n) is 6.31. The maximum absolute atomic E-state index is 12.3. The fourth-order valence-corrected chi connectivity index (χ4v) is 3.42. The lowest BCUT2D eigenvalue weighted by molar-refractivity contribution is 0.549. The highest BCUT2D eigenvalue weighted by molar-refractivity contribution is 5.32. The Kier molecular flexibility index (Phi) is 3.66. The van der Waals surface area contributed by atoms with Crippen molar-refractivity contribution in [3.8, 4) is 0 Å². The second-order valence-corrected chi connectivity index (χ2v) is 6.31. The summed E-state index contributed by atoms with van der Waals surface area (Å²) in [6, 6.07) is 8.58. The smallest absolute Gasteiger partial charge is 0.254 e. The maximum atomic E-state index is 12.3. The van der Waals surface area contributed by atoms with Crippen molar-refractivity contribution in [3.63, 3.8) is 0 Å². The largest absolute Gasteiger partial charge is 0.310 e. The molecule has 1 heterocycles. The van der Waals surface area contributed by atoms with Gasteiger partial charge in [-0.1, -0.05) is 38.1 Å². The minimum absolute atomic E-state index is 0.0337. The third-order valence-electron chi connectivity index (χ3n) is 4.48. The van der Waals surface area contributed by atoms with Crippen molar-refractivity contribution < 1.29 is 0 Å². The van der Waals surface area contributed by atoms with Gasteiger partial charge in [-0.05, 0) is 43.2 Å². The number of aromatic amines is 1. The van der Waals surface area contributed by atoms with Crippen molar-refractivity contribution in [1.29, 1.82) is 0 Å². The molecule has 0 spiro atoms. The number of nitrogens with zero attached hydrogens (tertiary/aromatic N) is 1. The van der Waals surface area contributed by atoms with E-state index in [0.29, 0.717) is 5.92 Å². The monoisotopic (exact) mass is 282 g/mol. The van der Waals surface area contributed by atoms with Crippen molar-refractivity contribution in [1.82, 2.24) is 9.97 Å². The second kappa shape index (κ2) is 5.47. The molecule has 1 unspecified atom stereocenters. The van der Waals surface area contributed by atoms with Crippen LogP contribution in [0.2, 0.25) is 0 Å². The van der Waals surface area contributed by atoms with Crippen LogP contribution in [0.25, 0.3) is 0 Å². The number of fused-ring (bicyclic) bond motifs is 1. The predicted molar refractivity (Wildman–Crippen MR) is 84.9 cm³/mol. The number of hydrogen-bond donors (Lipinski definition) is 1. The van der Waals surface area contributed by atoms with Crippen LogP contribution < -0.4 is 5.56 Å². The Bertz CT molecular complexity index is 715. The van der Waals surface area contributed by atoms with Gasteiger partial charge in [-0.25, -0.2) is 4.98 Å². The Morgan fingerprint density at radius 3 is 2.62 bits per heavy atom. The van der Waals surface area contributed by atoms with Crippen molar-refractivity contribution >= 4 is 0 Å². The van der Waals surface area contributed by atoms with Crippen molar-refractivity contribution in [3.05, 3.63) is 62.8 Å². The number of aryl methyl sites for hydroxylation is 2. The lowest BCUT2D eigenvalue weighted by Gasteiger charge is -2.24. The Hall–Kier alpha value is -1.90. The normalized spacial score (nSPS) is 17.8. The van der Waals surface area contributed by atoms with Gasteiger partial charge in [0.15, 0.2) is 0 Å². The third-order valence-corrected chi connectivity index (χ3v) is 4.48. The maximum Gasteiger partial charge on any atom is 0.254 e. The first kappa shape index (κ1) is 14.1. The lowest BCUT2D eigenvalue weighted by Crippen LogP contribution is -2.24.